The first-order valence-corrected chi connectivity index (χ1v) is 6.10. The average molecular weight is 244 g/mol. The highest BCUT2D eigenvalue weighted by Crippen LogP contribution is 2.32. The van der Waals surface area contributed by atoms with Gasteiger partial charge in [0, 0.05) is 12.6 Å². The second-order valence-electron chi connectivity index (χ2n) is 4.50. The third kappa shape index (κ3) is 2.52. The molecule has 1 rings (SSSR count). The van der Waals surface area contributed by atoms with Crippen LogP contribution in [0.25, 0.3) is 0 Å². The first kappa shape index (κ1) is 13.4. The third-order valence-corrected chi connectivity index (χ3v) is 3.76. The summed E-state index contributed by atoms with van der Waals surface area (Å²) in [5.41, 5.74) is 4.89. The summed E-state index contributed by atoms with van der Waals surface area (Å²) in [6.07, 6.45) is 2.63. The van der Waals surface area contributed by atoms with Gasteiger partial charge in [-0.05, 0) is 26.2 Å². The van der Waals surface area contributed by atoms with Crippen molar-refractivity contribution in [1.29, 1.82) is 0 Å². The predicted molar refractivity (Wildman–Crippen MR) is 67.0 cm³/mol. The van der Waals surface area contributed by atoms with E-state index < -0.39 is 5.41 Å². The number of aliphatic hydroxyl groups excluding tert-OH is 1. The van der Waals surface area contributed by atoms with Crippen LogP contribution in [0.2, 0.25) is 0 Å². The summed E-state index contributed by atoms with van der Waals surface area (Å²) in [5, 5.41) is 8.98. The minimum atomic E-state index is -0.771. The second kappa shape index (κ2) is 5.10. The van der Waals surface area contributed by atoms with E-state index in [2.05, 4.69) is 0 Å². The molecule has 1 aliphatic carbocycles. The van der Waals surface area contributed by atoms with Crippen LogP contribution in [-0.4, -0.2) is 40.1 Å². The van der Waals surface area contributed by atoms with Crippen LogP contribution in [0.1, 0.15) is 33.1 Å². The predicted octanol–water partition coefficient (Wildman–Crippen LogP) is 0.672. The lowest BCUT2D eigenvalue weighted by molar-refractivity contribution is -0.138. The number of carbonyl (C=O) groups is 1. The summed E-state index contributed by atoms with van der Waals surface area (Å²) in [7, 11) is 0. The molecule has 0 spiro atoms. The normalized spacial score (nSPS) is 18.9. The zero-order chi connectivity index (χ0) is 12.3. The van der Waals surface area contributed by atoms with Gasteiger partial charge >= 0.3 is 0 Å². The van der Waals surface area contributed by atoms with E-state index in [0.717, 1.165) is 12.8 Å². The molecule has 0 aromatic rings. The largest absolute Gasteiger partial charge is 0.395 e. The molecule has 0 saturated heterocycles. The van der Waals surface area contributed by atoms with Crippen LogP contribution >= 0.6 is 12.2 Å². The van der Waals surface area contributed by atoms with Crippen LogP contribution in [0.3, 0.4) is 0 Å². The fraction of sp³-hybridized carbons (Fsp3) is 0.818. The number of carbonyl (C=O) groups excluding carboxylic acids is 1. The number of amides is 1. The van der Waals surface area contributed by atoms with Gasteiger partial charge in [0.15, 0.2) is 0 Å². The SMILES string of the molecule is CCC(C)(C(=O)N(CCO)C1CC1)C(N)=S. The molecule has 0 radical (unpaired) electrons. The Morgan fingerprint density at radius 3 is 2.50 bits per heavy atom. The van der Waals surface area contributed by atoms with E-state index in [0.29, 0.717) is 13.0 Å². The molecule has 92 valence electrons. The Balaban J connectivity index is 2.82. The summed E-state index contributed by atoms with van der Waals surface area (Å²) in [4.78, 5) is 14.3. The van der Waals surface area contributed by atoms with Gasteiger partial charge in [-0.15, -0.1) is 0 Å². The van der Waals surface area contributed by atoms with E-state index in [1.807, 2.05) is 6.92 Å². The van der Waals surface area contributed by atoms with Gasteiger partial charge in [-0.25, -0.2) is 0 Å². The van der Waals surface area contributed by atoms with Crippen LogP contribution in [0.15, 0.2) is 0 Å². The van der Waals surface area contributed by atoms with Crippen molar-refractivity contribution >= 4 is 23.1 Å². The molecule has 1 fully saturated rings. The molecule has 0 aromatic carbocycles. The number of hydrogen-bond acceptors (Lipinski definition) is 3. The summed E-state index contributed by atoms with van der Waals surface area (Å²) in [6, 6.07) is 0.278. The molecule has 1 amide bonds. The molecule has 16 heavy (non-hydrogen) atoms. The number of nitrogens with two attached hydrogens (primary N) is 1. The Bertz CT molecular complexity index is 292. The smallest absolute Gasteiger partial charge is 0.235 e. The van der Waals surface area contributed by atoms with Gasteiger partial charge in [-0.2, -0.15) is 0 Å². The zero-order valence-electron chi connectivity index (χ0n) is 9.90. The van der Waals surface area contributed by atoms with Gasteiger partial charge in [0.25, 0.3) is 0 Å². The lowest BCUT2D eigenvalue weighted by atomic mass is 9.85. The first-order chi connectivity index (χ1) is 7.47. The van der Waals surface area contributed by atoms with Crippen molar-refractivity contribution in [3.63, 3.8) is 0 Å². The Labute approximate surface area is 102 Å². The van der Waals surface area contributed by atoms with Gasteiger partial charge in [0.2, 0.25) is 5.91 Å². The van der Waals surface area contributed by atoms with E-state index in [-0.39, 0.29) is 23.5 Å². The quantitative estimate of drug-likeness (QED) is 0.674. The highest BCUT2D eigenvalue weighted by atomic mass is 32.1. The monoisotopic (exact) mass is 244 g/mol. The van der Waals surface area contributed by atoms with Gasteiger partial charge in [0.1, 0.15) is 0 Å². The molecule has 1 atom stereocenters. The van der Waals surface area contributed by atoms with Gasteiger partial charge < -0.3 is 15.7 Å². The van der Waals surface area contributed by atoms with Gasteiger partial charge in [0.05, 0.1) is 17.0 Å². The molecule has 1 saturated carbocycles. The summed E-state index contributed by atoms with van der Waals surface area (Å²) >= 11 is 4.98. The maximum atomic E-state index is 12.4. The van der Waals surface area contributed by atoms with E-state index >= 15 is 0 Å². The molecule has 0 bridgehead atoms. The molecular formula is C11H20N2O2S. The highest BCUT2D eigenvalue weighted by Gasteiger charge is 2.42. The Kier molecular flexibility index (Phi) is 4.27. The number of hydrogen-bond donors (Lipinski definition) is 2. The van der Waals surface area contributed by atoms with E-state index in [9.17, 15) is 4.79 Å². The van der Waals surface area contributed by atoms with Gasteiger partial charge in [-0.1, -0.05) is 19.1 Å². The average Bonchev–Trinajstić information content (AvgIpc) is 3.07. The first-order valence-electron chi connectivity index (χ1n) is 5.69. The van der Waals surface area contributed by atoms with Crippen molar-refractivity contribution in [1.82, 2.24) is 4.90 Å². The van der Waals surface area contributed by atoms with E-state index in [4.69, 9.17) is 23.1 Å². The fourth-order valence-electron chi connectivity index (χ4n) is 1.69. The number of rotatable bonds is 6. The van der Waals surface area contributed by atoms with Crippen molar-refractivity contribution in [3.8, 4) is 0 Å². The molecule has 5 heteroatoms. The van der Waals surface area contributed by atoms with Crippen LogP contribution in [0, 0.1) is 5.41 Å². The third-order valence-electron chi connectivity index (χ3n) is 3.31. The van der Waals surface area contributed by atoms with E-state index in [1.165, 1.54) is 0 Å². The molecule has 3 N–H and O–H groups in total. The highest BCUT2D eigenvalue weighted by molar-refractivity contribution is 7.80. The number of nitrogens with zero attached hydrogens (tertiary/aromatic N) is 1. The second-order valence-corrected chi connectivity index (χ2v) is 4.94. The van der Waals surface area contributed by atoms with Crippen LogP contribution in [-0.2, 0) is 4.79 Å². The lowest BCUT2D eigenvalue weighted by Crippen LogP contribution is -2.50. The lowest BCUT2D eigenvalue weighted by Gasteiger charge is -2.33. The minimum absolute atomic E-state index is 0.0145. The Morgan fingerprint density at radius 2 is 2.19 bits per heavy atom. The Morgan fingerprint density at radius 1 is 1.62 bits per heavy atom. The number of thiocarbonyl (C=S) groups is 1. The van der Waals surface area contributed by atoms with Crippen LogP contribution in [0.4, 0.5) is 0 Å². The van der Waals surface area contributed by atoms with E-state index in [1.54, 1.807) is 11.8 Å². The molecule has 1 aliphatic rings. The van der Waals surface area contributed by atoms with Crippen molar-refractivity contribution in [2.24, 2.45) is 11.1 Å². The van der Waals surface area contributed by atoms with Crippen molar-refractivity contribution in [3.05, 3.63) is 0 Å². The standard InChI is InChI=1S/C11H20N2O2S/c1-3-11(2,9(12)16)10(15)13(6-7-14)8-4-5-8/h8,14H,3-7H2,1-2H3,(H2,12,16). The molecule has 1 unspecified atom stereocenters. The summed E-state index contributed by atoms with van der Waals surface area (Å²) < 4.78 is 0. The minimum Gasteiger partial charge on any atom is -0.395 e. The fourth-order valence-corrected chi connectivity index (χ4v) is 1.92. The van der Waals surface area contributed by atoms with Gasteiger partial charge in [-0.3, -0.25) is 4.79 Å². The molecule has 0 aliphatic heterocycles. The molecule has 0 aromatic heterocycles. The maximum Gasteiger partial charge on any atom is 0.235 e. The number of aliphatic hydroxyl groups is 1. The topological polar surface area (TPSA) is 66.6 Å². The Hall–Kier alpha value is -0.680. The zero-order valence-corrected chi connectivity index (χ0v) is 10.7. The van der Waals surface area contributed by atoms with Crippen molar-refractivity contribution in [2.75, 3.05) is 13.2 Å². The summed E-state index contributed by atoms with van der Waals surface area (Å²) in [6.45, 7) is 4.05. The molecule has 0 heterocycles. The maximum absolute atomic E-state index is 12.4. The van der Waals surface area contributed by atoms with Crippen molar-refractivity contribution in [2.45, 2.75) is 39.2 Å². The molecule has 4 nitrogen and oxygen atoms in total. The molecular weight excluding hydrogens is 224 g/mol. The van der Waals surface area contributed by atoms with Crippen molar-refractivity contribution < 1.29 is 9.90 Å². The van der Waals surface area contributed by atoms with Crippen LogP contribution < -0.4 is 5.73 Å². The summed E-state index contributed by atoms with van der Waals surface area (Å²) in [5.74, 6) is -0.0425. The van der Waals surface area contributed by atoms with Crippen LogP contribution in [0.5, 0.6) is 0 Å².